The number of fused-ring (bicyclic) bond motifs is 5. The van der Waals surface area contributed by atoms with Crippen LogP contribution in [0.15, 0.2) is 42.0 Å². The van der Waals surface area contributed by atoms with E-state index in [1.807, 2.05) is 6.07 Å². The fourth-order valence-electron chi connectivity index (χ4n) is 3.58. The lowest BCUT2D eigenvalue weighted by molar-refractivity contribution is 0.235. The number of hydrogen-bond acceptors (Lipinski definition) is 2. The van der Waals surface area contributed by atoms with E-state index < -0.39 is 0 Å². The maximum absolute atomic E-state index is 9.74. The lowest BCUT2D eigenvalue weighted by atomic mass is 9.99. The van der Waals surface area contributed by atoms with Crippen molar-refractivity contribution in [2.24, 2.45) is 0 Å². The molecule has 3 nitrogen and oxygen atoms in total. The minimum atomic E-state index is 0.118. The normalized spacial score (nSPS) is 16.0. The first-order valence-electron chi connectivity index (χ1n) is 8.79. The molecule has 3 aromatic rings. The molecule has 0 aliphatic carbocycles. The summed E-state index contributed by atoms with van der Waals surface area (Å²) in [4.78, 5) is 3.45. The van der Waals surface area contributed by atoms with Crippen LogP contribution in [0, 0.1) is 6.92 Å². The molecule has 25 heavy (non-hydrogen) atoms. The summed E-state index contributed by atoms with van der Waals surface area (Å²) in [6.07, 6.45) is 8.72. The van der Waals surface area contributed by atoms with Gasteiger partial charge in [-0.25, -0.2) is 0 Å². The van der Waals surface area contributed by atoms with Crippen molar-refractivity contribution in [2.75, 3.05) is 0 Å². The Labute approximate surface area is 147 Å². The summed E-state index contributed by atoms with van der Waals surface area (Å²) < 4.78 is 6.29. The third-order valence-corrected chi connectivity index (χ3v) is 4.81. The molecule has 0 amide bonds. The molecule has 0 unspecified atom stereocenters. The topological polar surface area (TPSA) is 45.2 Å². The average molecular weight is 333 g/mol. The number of phenols is 1. The molecular formula is C22H23NO2. The smallest absolute Gasteiger partial charge is 0.132 e. The van der Waals surface area contributed by atoms with Gasteiger partial charge in [0.15, 0.2) is 0 Å². The molecule has 2 aromatic carbocycles. The summed E-state index contributed by atoms with van der Waals surface area (Å²) in [5, 5.41) is 12.0. The Hall–Kier alpha value is -2.68. The van der Waals surface area contributed by atoms with Crippen LogP contribution >= 0.6 is 0 Å². The van der Waals surface area contributed by atoms with Crippen LogP contribution in [0.1, 0.15) is 37.8 Å². The zero-order valence-electron chi connectivity index (χ0n) is 14.9. The van der Waals surface area contributed by atoms with Crippen LogP contribution in [0.2, 0.25) is 0 Å². The van der Waals surface area contributed by atoms with E-state index in [1.165, 1.54) is 11.0 Å². The van der Waals surface area contributed by atoms with Gasteiger partial charge in [-0.2, -0.15) is 0 Å². The molecule has 4 rings (SSSR count). The van der Waals surface area contributed by atoms with Crippen molar-refractivity contribution in [2.45, 2.75) is 39.7 Å². The second-order valence-corrected chi connectivity index (χ2v) is 7.09. The van der Waals surface area contributed by atoms with Crippen LogP contribution in [0.4, 0.5) is 0 Å². The molecule has 0 radical (unpaired) electrons. The first kappa shape index (κ1) is 15.8. The summed E-state index contributed by atoms with van der Waals surface area (Å²) in [5.41, 5.74) is 5.61. The highest BCUT2D eigenvalue weighted by Gasteiger charge is 2.20. The van der Waals surface area contributed by atoms with Gasteiger partial charge in [0.2, 0.25) is 0 Å². The number of H-pyrrole nitrogens is 1. The summed E-state index contributed by atoms with van der Waals surface area (Å²) in [6.45, 7) is 6.35. The van der Waals surface area contributed by atoms with E-state index in [0.717, 1.165) is 46.1 Å². The molecule has 0 fully saturated rings. The highest BCUT2D eigenvalue weighted by atomic mass is 16.5. The number of hydrogen-bond donors (Lipinski definition) is 2. The van der Waals surface area contributed by atoms with Gasteiger partial charge in [-0.1, -0.05) is 11.6 Å². The van der Waals surface area contributed by atoms with Crippen LogP contribution < -0.4 is 4.74 Å². The Morgan fingerprint density at radius 3 is 2.88 bits per heavy atom. The number of ether oxygens (including phenoxy) is 1. The average Bonchev–Trinajstić information content (AvgIpc) is 2.92. The molecule has 128 valence electrons. The fraction of sp³-hybridized carbons (Fsp3) is 0.273. The minimum absolute atomic E-state index is 0.118. The summed E-state index contributed by atoms with van der Waals surface area (Å²) in [7, 11) is 0. The van der Waals surface area contributed by atoms with Crippen molar-refractivity contribution in [3.63, 3.8) is 0 Å². The van der Waals surface area contributed by atoms with E-state index in [4.69, 9.17) is 4.74 Å². The van der Waals surface area contributed by atoms with Crippen LogP contribution in [0.3, 0.4) is 0 Å². The quantitative estimate of drug-likeness (QED) is 0.590. The molecular weight excluding hydrogens is 310 g/mol. The number of aryl methyl sites for hydroxylation is 1. The van der Waals surface area contributed by atoms with E-state index in [0.29, 0.717) is 0 Å². The number of aromatic amines is 1. The zero-order valence-corrected chi connectivity index (χ0v) is 14.9. The van der Waals surface area contributed by atoms with E-state index in [9.17, 15) is 5.11 Å². The Bertz CT molecular complexity index is 1020. The van der Waals surface area contributed by atoms with Gasteiger partial charge in [0, 0.05) is 22.4 Å². The van der Waals surface area contributed by atoms with Gasteiger partial charge < -0.3 is 14.8 Å². The molecule has 0 saturated carbocycles. The number of aromatic hydroxyl groups is 1. The predicted molar refractivity (Wildman–Crippen MR) is 104 cm³/mol. The van der Waals surface area contributed by atoms with Crippen molar-refractivity contribution in [1.82, 2.24) is 4.98 Å². The van der Waals surface area contributed by atoms with Crippen molar-refractivity contribution in [3.8, 4) is 11.5 Å². The standard InChI is InChI=1S/C22H23NO2/c1-13(2)5-4-6-16-8-10-18-21-19(11-14(3)22(18)25-16)17-9-7-15(24)12-20(17)23-21/h5,7-12,16,23-24H,4,6H2,1-3H3/t16-/m0/s1. The van der Waals surface area contributed by atoms with Crippen molar-refractivity contribution >= 4 is 27.9 Å². The molecule has 0 spiro atoms. The number of nitrogens with one attached hydrogen (secondary N) is 1. The first-order chi connectivity index (χ1) is 12.0. The highest BCUT2D eigenvalue weighted by molar-refractivity contribution is 6.11. The molecule has 3 heteroatoms. The number of benzene rings is 2. The summed E-state index contributed by atoms with van der Waals surface area (Å²) in [5.74, 6) is 1.24. The van der Waals surface area contributed by atoms with Gasteiger partial charge >= 0.3 is 0 Å². The van der Waals surface area contributed by atoms with Gasteiger partial charge in [-0.05, 0) is 69.5 Å². The maximum Gasteiger partial charge on any atom is 0.132 e. The second-order valence-electron chi connectivity index (χ2n) is 7.09. The number of phenolic OH excluding ortho intramolecular Hbond substituents is 1. The predicted octanol–water partition coefficient (Wildman–Crippen LogP) is 5.86. The van der Waals surface area contributed by atoms with Crippen molar-refractivity contribution in [1.29, 1.82) is 0 Å². The molecule has 1 aromatic heterocycles. The zero-order chi connectivity index (χ0) is 17.6. The molecule has 1 atom stereocenters. The van der Waals surface area contributed by atoms with Crippen LogP contribution in [0.5, 0.6) is 11.5 Å². The number of rotatable bonds is 3. The lowest BCUT2D eigenvalue weighted by Gasteiger charge is -2.23. The van der Waals surface area contributed by atoms with E-state index in [1.54, 1.807) is 12.1 Å². The SMILES string of the molecule is CC(C)=CCC[C@H]1C=Cc2c(c(C)cc3c2[nH]c2cc(O)ccc23)O1. The number of allylic oxidation sites excluding steroid dienone is 2. The fourth-order valence-corrected chi connectivity index (χ4v) is 3.58. The van der Waals surface area contributed by atoms with E-state index in [-0.39, 0.29) is 11.9 Å². The molecule has 1 aliphatic heterocycles. The molecule has 1 aliphatic rings. The van der Waals surface area contributed by atoms with Crippen molar-refractivity contribution in [3.05, 3.63) is 53.1 Å². The highest BCUT2D eigenvalue weighted by Crippen LogP contribution is 2.39. The Balaban J connectivity index is 1.76. The third kappa shape index (κ3) is 2.80. The second kappa shape index (κ2) is 5.99. The third-order valence-electron chi connectivity index (χ3n) is 4.81. The first-order valence-corrected chi connectivity index (χ1v) is 8.79. The molecule has 2 N–H and O–H groups in total. The van der Waals surface area contributed by atoms with E-state index >= 15 is 0 Å². The van der Waals surface area contributed by atoms with Gasteiger partial charge in [0.25, 0.3) is 0 Å². The van der Waals surface area contributed by atoms with Gasteiger partial charge in [-0.3, -0.25) is 0 Å². The largest absolute Gasteiger partial charge is 0.508 e. The van der Waals surface area contributed by atoms with Crippen molar-refractivity contribution < 1.29 is 9.84 Å². The lowest BCUT2D eigenvalue weighted by Crippen LogP contribution is -2.17. The Kier molecular flexibility index (Phi) is 3.79. The van der Waals surface area contributed by atoms with Gasteiger partial charge in [-0.15, -0.1) is 0 Å². The molecule has 0 bridgehead atoms. The minimum Gasteiger partial charge on any atom is -0.508 e. The Morgan fingerprint density at radius 1 is 1.24 bits per heavy atom. The summed E-state index contributed by atoms with van der Waals surface area (Å²) in [6, 6.07) is 7.64. The molecule has 2 heterocycles. The Morgan fingerprint density at radius 2 is 2.08 bits per heavy atom. The van der Waals surface area contributed by atoms with Gasteiger partial charge in [0.1, 0.15) is 17.6 Å². The maximum atomic E-state index is 9.74. The van der Waals surface area contributed by atoms with Gasteiger partial charge in [0.05, 0.1) is 11.0 Å². The van der Waals surface area contributed by atoms with Crippen LogP contribution in [-0.2, 0) is 0 Å². The van der Waals surface area contributed by atoms with E-state index in [2.05, 4.69) is 50.0 Å². The molecule has 0 saturated heterocycles. The van der Waals surface area contributed by atoms with Crippen LogP contribution in [0.25, 0.3) is 27.9 Å². The summed E-state index contributed by atoms with van der Waals surface area (Å²) >= 11 is 0. The number of aromatic nitrogens is 1. The van der Waals surface area contributed by atoms with Crippen LogP contribution in [-0.4, -0.2) is 16.2 Å². The monoisotopic (exact) mass is 333 g/mol.